The third-order valence-corrected chi connectivity index (χ3v) is 5.24. The molecule has 4 N–H and O–H groups in total. The number of hydrogen-bond acceptors (Lipinski definition) is 5. The summed E-state index contributed by atoms with van der Waals surface area (Å²) >= 11 is 0. The zero-order valence-electron chi connectivity index (χ0n) is 17.9. The van der Waals surface area contributed by atoms with Gasteiger partial charge in [0, 0.05) is 25.3 Å². The van der Waals surface area contributed by atoms with Gasteiger partial charge in [-0.05, 0) is 61.9 Å². The first-order valence-corrected chi connectivity index (χ1v) is 11.1. The fourth-order valence-electron chi connectivity index (χ4n) is 3.38. The first-order valence-electron chi connectivity index (χ1n) is 11.1. The molecule has 5 nitrogen and oxygen atoms in total. The quantitative estimate of drug-likeness (QED) is 0.238. The Labute approximate surface area is 209 Å². The Kier molecular flexibility index (Phi) is 16.0. The van der Waals surface area contributed by atoms with Gasteiger partial charge in [0.05, 0.1) is 12.7 Å². The van der Waals surface area contributed by atoms with Gasteiger partial charge in [0.25, 0.3) is 0 Å². The van der Waals surface area contributed by atoms with Crippen LogP contribution < -0.4 is 5.32 Å². The zero-order valence-corrected chi connectivity index (χ0v) is 17.9. The van der Waals surface area contributed by atoms with E-state index in [2.05, 4.69) is 35.6 Å². The van der Waals surface area contributed by atoms with E-state index in [4.69, 9.17) is 4.74 Å². The molecule has 0 aliphatic heterocycles. The van der Waals surface area contributed by atoms with Crippen molar-refractivity contribution in [2.75, 3.05) is 26.3 Å². The number of aryl methyl sites for hydroxylation is 1. The van der Waals surface area contributed by atoms with Crippen LogP contribution in [0.4, 0.5) is 0 Å². The molecule has 0 aliphatic carbocycles. The van der Waals surface area contributed by atoms with E-state index >= 15 is 0 Å². The van der Waals surface area contributed by atoms with Gasteiger partial charge >= 0.3 is 29.6 Å². The summed E-state index contributed by atoms with van der Waals surface area (Å²) in [4.78, 5) is 0. The van der Waals surface area contributed by atoms with E-state index < -0.39 is 6.10 Å². The fourth-order valence-corrected chi connectivity index (χ4v) is 3.38. The number of hydrogen-bond donors (Lipinski definition) is 4. The van der Waals surface area contributed by atoms with Gasteiger partial charge in [0.2, 0.25) is 0 Å². The van der Waals surface area contributed by atoms with Crippen molar-refractivity contribution in [3.63, 3.8) is 0 Å². The number of unbranched alkanes of at least 4 members (excludes halogenated alkanes) is 4. The van der Waals surface area contributed by atoms with E-state index in [-0.39, 0.29) is 41.9 Å². The summed E-state index contributed by atoms with van der Waals surface area (Å²) in [5, 5.41) is 32.3. The van der Waals surface area contributed by atoms with E-state index in [1.807, 2.05) is 0 Å². The van der Waals surface area contributed by atoms with Crippen molar-refractivity contribution >= 4 is 29.6 Å². The van der Waals surface area contributed by atoms with Gasteiger partial charge in [0.1, 0.15) is 5.75 Å². The molecule has 1 atom stereocenters. The van der Waals surface area contributed by atoms with Crippen LogP contribution in [-0.2, 0) is 17.8 Å². The Bertz CT molecular complexity index is 699. The maximum atomic E-state index is 10.2. The average Bonchev–Trinajstić information content (AvgIpc) is 2.77. The third-order valence-electron chi connectivity index (χ3n) is 5.24. The molecule has 0 aromatic heterocycles. The van der Waals surface area contributed by atoms with Crippen LogP contribution in [0, 0.1) is 0 Å². The molecular formula is C25H38NNaO4. The van der Waals surface area contributed by atoms with E-state index in [9.17, 15) is 15.3 Å². The maximum absolute atomic E-state index is 10.2. The number of aromatic hydroxyl groups is 1. The number of ether oxygens (including phenoxy) is 1. The molecule has 0 saturated heterocycles. The van der Waals surface area contributed by atoms with Crippen LogP contribution in [0.15, 0.2) is 48.5 Å². The minimum atomic E-state index is -0.647. The van der Waals surface area contributed by atoms with Gasteiger partial charge in [-0.15, -0.1) is 0 Å². The second-order valence-corrected chi connectivity index (χ2v) is 7.74. The van der Waals surface area contributed by atoms with Crippen molar-refractivity contribution in [1.29, 1.82) is 0 Å². The summed E-state index contributed by atoms with van der Waals surface area (Å²) < 4.78 is 5.72. The Morgan fingerprint density at radius 1 is 0.871 bits per heavy atom. The molecule has 2 rings (SSSR count). The van der Waals surface area contributed by atoms with Gasteiger partial charge in [0.15, 0.2) is 0 Å². The van der Waals surface area contributed by atoms with Gasteiger partial charge in [-0.3, -0.25) is 0 Å². The summed E-state index contributed by atoms with van der Waals surface area (Å²) in [5.74, 6) is 0.0533. The zero-order chi connectivity index (χ0) is 21.4. The van der Waals surface area contributed by atoms with Crippen LogP contribution in [0.5, 0.6) is 5.75 Å². The first-order chi connectivity index (χ1) is 14.7. The van der Waals surface area contributed by atoms with Gasteiger partial charge < -0.3 is 25.4 Å². The monoisotopic (exact) mass is 439 g/mol. The molecule has 1 unspecified atom stereocenters. The van der Waals surface area contributed by atoms with Crippen molar-refractivity contribution in [1.82, 2.24) is 5.32 Å². The summed E-state index contributed by atoms with van der Waals surface area (Å²) in [7, 11) is 0. The summed E-state index contributed by atoms with van der Waals surface area (Å²) in [6, 6.07) is 15.4. The molecule has 0 aliphatic rings. The van der Waals surface area contributed by atoms with Gasteiger partial charge in [-0.1, -0.05) is 49.2 Å². The third kappa shape index (κ3) is 12.0. The average molecular weight is 440 g/mol. The topological polar surface area (TPSA) is 82.0 Å². The Hall–Kier alpha value is -0.920. The number of phenols is 1. The van der Waals surface area contributed by atoms with Crippen molar-refractivity contribution < 1.29 is 20.1 Å². The minimum absolute atomic E-state index is 0. The Morgan fingerprint density at radius 3 is 2.32 bits per heavy atom. The number of benzene rings is 2. The van der Waals surface area contributed by atoms with Gasteiger partial charge in [-0.2, -0.15) is 0 Å². The molecule has 0 fully saturated rings. The van der Waals surface area contributed by atoms with E-state index in [1.165, 1.54) is 18.1 Å². The van der Waals surface area contributed by atoms with Crippen molar-refractivity contribution in [3.05, 3.63) is 65.2 Å². The van der Waals surface area contributed by atoms with Gasteiger partial charge in [-0.25, -0.2) is 0 Å². The second kappa shape index (κ2) is 17.6. The van der Waals surface area contributed by atoms with E-state index in [0.717, 1.165) is 58.3 Å². The normalized spacial score (nSPS) is 11.8. The van der Waals surface area contributed by atoms with E-state index in [1.54, 1.807) is 12.1 Å². The molecule has 6 heteroatoms. The molecule has 0 saturated carbocycles. The second-order valence-electron chi connectivity index (χ2n) is 7.74. The van der Waals surface area contributed by atoms with Crippen LogP contribution in [0.3, 0.4) is 0 Å². The van der Waals surface area contributed by atoms with Crippen LogP contribution in [0.25, 0.3) is 0 Å². The molecular weight excluding hydrogens is 401 g/mol. The number of rotatable bonds is 16. The standard InChI is InChI=1S/C25H37NO4.Na.H/c27-20-23-18-22(13-14-24(23)28)25(29)19-26-15-7-1-2-8-16-30-17-9-6-12-21-10-4-3-5-11-21;;/h3-5,10-11,13-14,18,25-29H,1-2,6-9,12,15-17,19-20H2;;. The molecule has 2 aromatic carbocycles. The fraction of sp³-hybridized carbons (Fsp3) is 0.520. The van der Waals surface area contributed by atoms with Crippen LogP contribution >= 0.6 is 0 Å². The molecule has 2 aromatic rings. The Morgan fingerprint density at radius 2 is 1.58 bits per heavy atom. The molecule has 0 radical (unpaired) electrons. The molecule has 0 bridgehead atoms. The van der Waals surface area contributed by atoms with Crippen molar-refractivity contribution in [2.45, 2.75) is 57.7 Å². The summed E-state index contributed by atoms with van der Waals surface area (Å²) in [6.07, 6.45) is 7.24. The van der Waals surface area contributed by atoms with Crippen molar-refractivity contribution in [3.8, 4) is 5.75 Å². The number of aliphatic hydroxyl groups excluding tert-OH is 2. The van der Waals surface area contributed by atoms with E-state index in [0.29, 0.717) is 17.7 Å². The SMILES string of the molecule is OCc1cc(C(O)CNCCCCCCOCCCCc2ccccc2)ccc1O.[NaH]. The molecule has 0 amide bonds. The molecule has 0 spiro atoms. The summed E-state index contributed by atoms with van der Waals surface area (Å²) in [5.41, 5.74) is 2.53. The predicted octanol–water partition coefficient (Wildman–Crippen LogP) is 3.46. The number of nitrogens with one attached hydrogen (secondary N) is 1. The van der Waals surface area contributed by atoms with Crippen LogP contribution in [-0.4, -0.2) is 71.2 Å². The molecule has 31 heavy (non-hydrogen) atoms. The predicted molar refractivity (Wildman–Crippen MR) is 128 cm³/mol. The molecule has 168 valence electrons. The van der Waals surface area contributed by atoms with Crippen molar-refractivity contribution in [2.24, 2.45) is 0 Å². The first kappa shape index (κ1) is 28.1. The summed E-state index contributed by atoms with van der Waals surface area (Å²) in [6.45, 7) is 2.77. The number of aliphatic hydroxyl groups is 2. The molecule has 0 heterocycles. The Balaban J connectivity index is 0.00000480. The van der Waals surface area contributed by atoms with Crippen LogP contribution in [0.2, 0.25) is 0 Å². The van der Waals surface area contributed by atoms with Crippen LogP contribution in [0.1, 0.15) is 61.3 Å².